The molecule has 0 aromatic heterocycles. The lowest BCUT2D eigenvalue weighted by Gasteiger charge is -2.35. The summed E-state index contributed by atoms with van der Waals surface area (Å²) in [5, 5.41) is 4.61. The Morgan fingerprint density at radius 3 is 2.48 bits per heavy atom. The van der Waals surface area contributed by atoms with Gasteiger partial charge in [-0.05, 0) is 56.5 Å². The molecular formula is C21H24Cl2N2O2. The van der Waals surface area contributed by atoms with E-state index in [2.05, 4.69) is 5.32 Å². The number of hydrogen-bond donors (Lipinski definition) is 1. The van der Waals surface area contributed by atoms with Crippen molar-refractivity contribution in [2.45, 2.75) is 38.3 Å². The number of ether oxygens (including phenoxy) is 1. The Balaban J connectivity index is 1.81. The molecule has 0 spiro atoms. The minimum absolute atomic E-state index is 0.0527. The summed E-state index contributed by atoms with van der Waals surface area (Å²) in [4.78, 5) is 15.3. The predicted molar refractivity (Wildman–Crippen MR) is 111 cm³/mol. The molecule has 1 aliphatic heterocycles. The van der Waals surface area contributed by atoms with E-state index in [9.17, 15) is 4.79 Å². The molecular weight excluding hydrogens is 383 g/mol. The van der Waals surface area contributed by atoms with Gasteiger partial charge in [-0.2, -0.15) is 0 Å². The fourth-order valence-electron chi connectivity index (χ4n) is 3.56. The van der Waals surface area contributed by atoms with Crippen molar-refractivity contribution in [3.05, 3.63) is 58.1 Å². The molecule has 1 atom stereocenters. The smallest absolute Gasteiger partial charge is 0.248 e. The van der Waals surface area contributed by atoms with Crippen molar-refractivity contribution in [1.29, 1.82) is 0 Å². The van der Waals surface area contributed by atoms with Gasteiger partial charge in [0.05, 0.1) is 18.8 Å². The lowest BCUT2D eigenvalue weighted by Crippen LogP contribution is -2.49. The van der Waals surface area contributed by atoms with Gasteiger partial charge in [0.1, 0.15) is 11.3 Å². The number of methoxy groups -OCH3 is 1. The van der Waals surface area contributed by atoms with Crippen LogP contribution in [0.2, 0.25) is 10.0 Å². The zero-order chi connectivity index (χ0) is 19.6. The number of carbonyl (C=O) groups is 1. The van der Waals surface area contributed by atoms with Crippen molar-refractivity contribution in [3.8, 4) is 5.75 Å². The Morgan fingerprint density at radius 1 is 1.15 bits per heavy atom. The molecule has 1 unspecified atom stereocenters. The summed E-state index contributed by atoms with van der Waals surface area (Å²) in [6, 6.07) is 13.2. The Hall–Kier alpha value is -1.91. The number of rotatable bonds is 5. The standard InChI is InChI=1S/C21H24Cl2N2O2/c1-21(2,24-17-11-10-16(23)13-19(17)27-3)20(26)25-12-4-5-18(25)14-6-8-15(22)9-7-14/h6-11,13,18,24H,4-5,12H2,1-3H3. The number of hydrogen-bond acceptors (Lipinski definition) is 3. The third kappa shape index (κ3) is 4.33. The van der Waals surface area contributed by atoms with Gasteiger partial charge < -0.3 is 15.0 Å². The Kier molecular flexibility index (Phi) is 5.87. The first-order chi connectivity index (χ1) is 12.8. The SMILES string of the molecule is COc1cc(Cl)ccc1NC(C)(C)C(=O)N1CCCC1c1ccc(Cl)cc1. The fourth-order valence-corrected chi connectivity index (χ4v) is 3.85. The second-order valence-corrected chi connectivity index (χ2v) is 8.18. The lowest BCUT2D eigenvalue weighted by molar-refractivity contribution is -0.136. The zero-order valence-electron chi connectivity index (χ0n) is 15.8. The summed E-state index contributed by atoms with van der Waals surface area (Å²) in [7, 11) is 1.59. The lowest BCUT2D eigenvalue weighted by atomic mass is 9.99. The highest BCUT2D eigenvalue weighted by atomic mass is 35.5. The molecule has 1 saturated heterocycles. The van der Waals surface area contributed by atoms with Crippen LogP contribution in [-0.4, -0.2) is 30.0 Å². The second-order valence-electron chi connectivity index (χ2n) is 7.30. The van der Waals surface area contributed by atoms with Crippen LogP contribution in [0.3, 0.4) is 0 Å². The maximum atomic E-state index is 13.4. The second kappa shape index (κ2) is 7.99. The van der Waals surface area contributed by atoms with E-state index >= 15 is 0 Å². The van der Waals surface area contributed by atoms with E-state index in [4.69, 9.17) is 27.9 Å². The van der Waals surface area contributed by atoms with Crippen LogP contribution in [0.4, 0.5) is 5.69 Å². The minimum atomic E-state index is -0.796. The fraction of sp³-hybridized carbons (Fsp3) is 0.381. The number of halogens is 2. The molecule has 0 bridgehead atoms. The number of nitrogens with zero attached hydrogens (tertiary/aromatic N) is 1. The van der Waals surface area contributed by atoms with Crippen molar-refractivity contribution in [2.75, 3.05) is 19.0 Å². The van der Waals surface area contributed by atoms with Crippen molar-refractivity contribution in [3.63, 3.8) is 0 Å². The van der Waals surface area contributed by atoms with Crippen molar-refractivity contribution >= 4 is 34.8 Å². The monoisotopic (exact) mass is 406 g/mol. The maximum Gasteiger partial charge on any atom is 0.248 e. The van der Waals surface area contributed by atoms with Gasteiger partial charge in [0, 0.05) is 22.7 Å². The highest BCUT2D eigenvalue weighted by Crippen LogP contribution is 2.36. The molecule has 27 heavy (non-hydrogen) atoms. The minimum Gasteiger partial charge on any atom is -0.495 e. The molecule has 1 fully saturated rings. The van der Waals surface area contributed by atoms with Crippen LogP contribution in [0.5, 0.6) is 5.75 Å². The quantitative estimate of drug-likeness (QED) is 0.706. The first-order valence-corrected chi connectivity index (χ1v) is 9.75. The largest absolute Gasteiger partial charge is 0.495 e. The van der Waals surface area contributed by atoms with Crippen LogP contribution in [0, 0.1) is 0 Å². The van der Waals surface area contributed by atoms with E-state index in [1.807, 2.05) is 49.1 Å². The van der Waals surface area contributed by atoms with Gasteiger partial charge in [-0.1, -0.05) is 35.3 Å². The van der Waals surface area contributed by atoms with Crippen molar-refractivity contribution in [2.24, 2.45) is 0 Å². The Morgan fingerprint density at radius 2 is 1.81 bits per heavy atom. The molecule has 0 radical (unpaired) electrons. The van der Waals surface area contributed by atoms with Crippen molar-refractivity contribution < 1.29 is 9.53 Å². The molecule has 3 rings (SSSR count). The topological polar surface area (TPSA) is 41.6 Å². The van der Waals surface area contributed by atoms with E-state index in [1.165, 1.54) is 0 Å². The van der Waals surface area contributed by atoms with E-state index in [-0.39, 0.29) is 11.9 Å². The highest BCUT2D eigenvalue weighted by Gasteiger charge is 2.38. The van der Waals surface area contributed by atoms with Gasteiger partial charge >= 0.3 is 0 Å². The molecule has 6 heteroatoms. The summed E-state index contributed by atoms with van der Waals surface area (Å²) in [5.41, 5.74) is 1.06. The van der Waals surface area contributed by atoms with Crippen LogP contribution in [-0.2, 0) is 4.79 Å². The molecule has 0 saturated carbocycles. The summed E-state index contributed by atoms with van der Waals surface area (Å²) in [6.45, 7) is 4.52. The summed E-state index contributed by atoms with van der Waals surface area (Å²) < 4.78 is 5.39. The Bertz CT molecular complexity index is 821. The molecule has 1 N–H and O–H groups in total. The van der Waals surface area contributed by atoms with E-state index < -0.39 is 5.54 Å². The number of likely N-dealkylation sites (tertiary alicyclic amines) is 1. The third-order valence-corrected chi connectivity index (χ3v) is 5.40. The average Bonchev–Trinajstić information content (AvgIpc) is 3.12. The van der Waals surface area contributed by atoms with E-state index in [1.54, 1.807) is 19.2 Å². The highest BCUT2D eigenvalue weighted by molar-refractivity contribution is 6.31. The molecule has 1 amide bonds. The third-order valence-electron chi connectivity index (χ3n) is 4.91. The average molecular weight is 407 g/mol. The van der Waals surface area contributed by atoms with Gasteiger partial charge in [0.25, 0.3) is 0 Å². The Labute approximate surface area is 170 Å². The molecule has 2 aromatic rings. The number of nitrogens with one attached hydrogen (secondary N) is 1. The number of anilines is 1. The van der Waals surface area contributed by atoms with Gasteiger partial charge in [0.15, 0.2) is 0 Å². The van der Waals surface area contributed by atoms with E-state index in [0.717, 1.165) is 30.6 Å². The van der Waals surface area contributed by atoms with Crippen LogP contribution < -0.4 is 10.1 Å². The number of amides is 1. The van der Waals surface area contributed by atoms with Crippen LogP contribution in [0.1, 0.15) is 38.3 Å². The molecule has 4 nitrogen and oxygen atoms in total. The summed E-state index contributed by atoms with van der Waals surface area (Å²) in [5.74, 6) is 0.663. The molecule has 1 heterocycles. The van der Waals surface area contributed by atoms with Gasteiger partial charge in [-0.25, -0.2) is 0 Å². The maximum absolute atomic E-state index is 13.4. The number of benzene rings is 2. The molecule has 2 aromatic carbocycles. The number of carbonyl (C=O) groups excluding carboxylic acids is 1. The molecule has 144 valence electrons. The van der Waals surface area contributed by atoms with Gasteiger partial charge in [0.2, 0.25) is 5.91 Å². The van der Waals surface area contributed by atoms with Crippen LogP contribution in [0.15, 0.2) is 42.5 Å². The normalized spacial score (nSPS) is 17.1. The predicted octanol–water partition coefficient (Wildman–Crippen LogP) is 5.56. The summed E-state index contributed by atoms with van der Waals surface area (Å²) >= 11 is 12.0. The van der Waals surface area contributed by atoms with E-state index in [0.29, 0.717) is 15.8 Å². The van der Waals surface area contributed by atoms with Crippen molar-refractivity contribution in [1.82, 2.24) is 4.90 Å². The zero-order valence-corrected chi connectivity index (χ0v) is 17.3. The first-order valence-electron chi connectivity index (χ1n) is 9.00. The summed E-state index contributed by atoms with van der Waals surface area (Å²) in [6.07, 6.45) is 1.94. The van der Waals surface area contributed by atoms with Gasteiger partial charge in [-0.3, -0.25) is 4.79 Å². The molecule has 0 aliphatic carbocycles. The first kappa shape index (κ1) is 19.8. The van der Waals surface area contributed by atoms with Crippen LogP contribution in [0.25, 0.3) is 0 Å². The van der Waals surface area contributed by atoms with Gasteiger partial charge in [-0.15, -0.1) is 0 Å². The molecule has 1 aliphatic rings. The van der Waals surface area contributed by atoms with Crippen LogP contribution >= 0.6 is 23.2 Å².